The lowest BCUT2D eigenvalue weighted by molar-refractivity contribution is 0.0979. The minimum Gasteiger partial charge on any atom is -0.294 e. The van der Waals surface area contributed by atoms with Crippen LogP contribution in [0.4, 0.5) is 0 Å². The van der Waals surface area contributed by atoms with Crippen LogP contribution in [-0.2, 0) is 0 Å². The summed E-state index contributed by atoms with van der Waals surface area (Å²) in [6.07, 6.45) is 3.41. The fourth-order valence-corrected chi connectivity index (χ4v) is 1.81. The van der Waals surface area contributed by atoms with Crippen LogP contribution in [0.25, 0.3) is 0 Å². The molecular formula is C12H14Cl2O. The molecule has 1 nitrogen and oxygen atoms in total. The quantitative estimate of drug-likeness (QED) is 0.414. The first-order valence-corrected chi connectivity index (χ1v) is 6.00. The summed E-state index contributed by atoms with van der Waals surface area (Å²) in [4.78, 5) is 11.7. The van der Waals surface area contributed by atoms with Crippen LogP contribution >= 0.6 is 23.2 Å². The molecule has 82 valence electrons. The molecular weight excluding hydrogens is 231 g/mol. The Balaban J connectivity index is 2.44. The molecule has 0 fully saturated rings. The van der Waals surface area contributed by atoms with Crippen molar-refractivity contribution in [3.63, 3.8) is 0 Å². The van der Waals surface area contributed by atoms with E-state index in [0.29, 0.717) is 22.9 Å². The molecule has 1 rings (SSSR count). The van der Waals surface area contributed by atoms with Crippen molar-refractivity contribution in [1.82, 2.24) is 0 Å². The maximum absolute atomic E-state index is 11.7. The monoisotopic (exact) mass is 244 g/mol. The molecule has 1 aromatic rings. The summed E-state index contributed by atoms with van der Waals surface area (Å²) < 4.78 is 0. The average Bonchev–Trinajstić information content (AvgIpc) is 2.25. The number of hydrogen-bond acceptors (Lipinski definition) is 1. The van der Waals surface area contributed by atoms with Crippen molar-refractivity contribution < 1.29 is 4.79 Å². The molecule has 0 aliphatic rings. The van der Waals surface area contributed by atoms with Gasteiger partial charge in [0.05, 0.1) is 5.02 Å². The average molecular weight is 245 g/mol. The first kappa shape index (κ1) is 12.5. The predicted octanol–water partition coefficient (Wildman–Crippen LogP) is 4.32. The summed E-state index contributed by atoms with van der Waals surface area (Å²) in [6, 6.07) is 7.17. The third kappa shape index (κ3) is 4.23. The van der Waals surface area contributed by atoms with Gasteiger partial charge in [0.1, 0.15) is 0 Å². The van der Waals surface area contributed by atoms with E-state index in [9.17, 15) is 4.79 Å². The van der Waals surface area contributed by atoms with E-state index in [1.165, 1.54) is 0 Å². The molecule has 0 aliphatic carbocycles. The molecule has 0 bridgehead atoms. The largest absolute Gasteiger partial charge is 0.294 e. The number of unbranched alkanes of at least 4 members (excludes halogenated alkanes) is 2. The minimum absolute atomic E-state index is 0.121. The van der Waals surface area contributed by atoms with Gasteiger partial charge < -0.3 is 0 Å². The highest BCUT2D eigenvalue weighted by Crippen LogP contribution is 2.17. The molecule has 3 heteroatoms. The molecule has 0 radical (unpaired) electrons. The van der Waals surface area contributed by atoms with Crippen LogP contribution in [-0.4, -0.2) is 11.7 Å². The van der Waals surface area contributed by atoms with Gasteiger partial charge in [0.15, 0.2) is 5.78 Å². The molecule has 0 aromatic heterocycles. The molecule has 0 saturated heterocycles. The van der Waals surface area contributed by atoms with Crippen LogP contribution in [0.1, 0.15) is 36.0 Å². The van der Waals surface area contributed by atoms with Crippen molar-refractivity contribution in [1.29, 1.82) is 0 Å². The van der Waals surface area contributed by atoms with Crippen LogP contribution in [0, 0.1) is 0 Å². The minimum atomic E-state index is 0.121. The number of carbonyl (C=O) groups excluding carboxylic acids is 1. The van der Waals surface area contributed by atoms with Crippen molar-refractivity contribution in [3.05, 3.63) is 34.9 Å². The number of benzene rings is 1. The fourth-order valence-electron chi connectivity index (χ4n) is 1.38. The molecule has 0 heterocycles. The lowest BCUT2D eigenvalue weighted by Crippen LogP contribution is -1.99. The van der Waals surface area contributed by atoms with E-state index in [0.717, 1.165) is 19.3 Å². The number of Topliss-reactive ketones (excluding diaryl/α,β-unsaturated/α-hetero) is 1. The Bertz CT molecular complexity index is 323. The second-order valence-corrected chi connectivity index (χ2v) is 4.19. The van der Waals surface area contributed by atoms with E-state index in [1.54, 1.807) is 12.1 Å². The Labute approximate surface area is 100 Å². The van der Waals surface area contributed by atoms with Gasteiger partial charge in [-0.1, -0.05) is 30.2 Å². The predicted molar refractivity (Wildman–Crippen MR) is 65.0 cm³/mol. The number of ketones is 1. The lowest BCUT2D eigenvalue weighted by atomic mass is 10.1. The van der Waals surface area contributed by atoms with Crippen LogP contribution in [0.2, 0.25) is 5.02 Å². The van der Waals surface area contributed by atoms with E-state index in [-0.39, 0.29) is 5.78 Å². The maximum atomic E-state index is 11.7. The molecule has 0 atom stereocenters. The van der Waals surface area contributed by atoms with E-state index in [2.05, 4.69) is 0 Å². The van der Waals surface area contributed by atoms with Crippen LogP contribution in [0.5, 0.6) is 0 Å². The molecule has 0 amide bonds. The summed E-state index contributed by atoms with van der Waals surface area (Å²) in [6.45, 7) is 0. The first-order chi connectivity index (χ1) is 7.25. The van der Waals surface area contributed by atoms with Gasteiger partial charge in [-0.25, -0.2) is 0 Å². The van der Waals surface area contributed by atoms with Gasteiger partial charge in [0, 0.05) is 17.9 Å². The van der Waals surface area contributed by atoms with Crippen molar-refractivity contribution >= 4 is 29.0 Å². The molecule has 0 N–H and O–H groups in total. The zero-order valence-corrected chi connectivity index (χ0v) is 10.0. The zero-order valence-electron chi connectivity index (χ0n) is 8.51. The molecule has 15 heavy (non-hydrogen) atoms. The Kier molecular flexibility index (Phi) is 5.74. The summed E-state index contributed by atoms with van der Waals surface area (Å²) in [5.41, 5.74) is 0.630. The lowest BCUT2D eigenvalue weighted by Gasteiger charge is -2.02. The number of carbonyl (C=O) groups is 1. The van der Waals surface area contributed by atoms with E-state index >= 15 is 0 Å². The zero-order chi connectivity index (χ0) is 11.1. The van der Waals surface area contributed by atoms with E-state index in [1.807, 2.05) is 12.1 Å². The number of halogens is 2. The van der Waals surface area contributed by atoms with Crippen LogP contribution in [0.3, 0.4) is 0 Å². The molecule has 0 aliphatic heterocycles. The smallest absolute Gasteiger partial charge is 0.164 e. The summed E-state index contributed by atoms with van der Waals surface area (Å²) in [5.74, 6) is 0.787. The van der Waals surface area contributed by atoms with Crippen molar-refractivity contribution in [2.75, 3.05) is 5.88 Å². The SMILES string of the molecule is O=C(CCCCCCl)c1ccccc1Cl. The van der Waals surface area contributed by atoms with Gasteiger partial charge in [-0.05, 0) is 25.0 Å². The second-order valence-electron chi connectivity index (χ2n) is 3.40. The van der Waals surface area contributed by atoms with Gasteiger partial charge >= 0.3 is 0 Å². The molecule has 0 saturated carbocycles. The van der Waals surface area contributed by atoms with E-state index < -0.39 is 0 Å². The Morgan fingerprint density at radius 3 is 2.53 bits per heavy atom. The Hall–Kier alpha value is -0.530. The van der Waals surface area contributed by atoms with Gasteiger partial charge in [-0.15, -0.1) is 11.6 Å². The van der Waals surface area contributed by atoms with Crippen LogP contribution in [0.15, 0.2) is 24.3 Å². The van der Waals surface area contributed by atoms with E-state index in [4.69, 9.17) is 23.2 Å². The third-order valence-electron chi connectivity index (χ3n) is 2.21. The van der Waals surface area contributed by atoms with Crippen LogP contribution < -0.4 is 0 Å². The first-order valence-electron chi connectivity index (χ1n) is 5.09. The topological polar surface area (TPSA) is 17.1 Å². The Morgan fingerprint density at radius 2 is 1.87 bits per heavy atom. The highest BCUT2D eigenvalue weighted by atomic mass is 35.5. The number of rotatable bonds is 6. The normalized spacial score (nSPS) is 10.3. The van der Waals surface area contributed by atoms with Gasteiger partial charge in [-0.3, -0.25) is 4.79 Å². The highest BCUT2D eigenvalue weighted by molar-refractivity contribution is 6.33. The highest BCUT2D eigenvalue weighted by Gasteiger charge is 2.08. The van der Waals surface area contributed by atoms with Crippen molar-refractivity contribution in [2.24, 2.45) is 0 Å². The summed E-state index contributed by atoms with van der Waals surface area (Å²) >= 11 is 11.5. The maximum Gasteiger partial charge on any atom is 0.164 e. The molecule has 1 aromatic carbocycles. The third-order valence-corrected chi connectivity index (χ3v) is 2.81. The van der Waals surface area contributed by atoms with Gasteiger partial charge in [0.2, 0.25) is 0 Å². The number of hydrogen-bond donors (Lipinski definition) is 0. The standard InChI is InChI=1S/C12H14Cl2O/c13-9-5-1-2-8-12(15)10-6-3-4-7-11(10)14/h3-4,6-7H,1-2,5,8-9H2. The van der Waals surface area contributed by atoms with Gasteiger partial charge in [-0.2, -0.15) is 0 Å². The van der Waals surface area contributed by atoms with Crippen molar-refractivity contribution in [3.8, 4) is 0 Å². The van der Waals surface area contributed by atoms with Gasteiger partial charge in [0.25, 0.3) is 0 Å². The molecule has 0 spiro atoms. The molecule has 0 unspecified atom stereocenters. The van der Waals surface area contributed by atoms with Crippen molar-refractivity contribution in [2.45, 2.75) is 25.7 Å². The summed E-state index contributed by atoms with van der Waals surface area (Å²) in [5, 5.41) is 0.542. The second kappa shape index (κ2) is 6.86. The fraction of sp³-hybridized carbons (Fsp3) is 0.417. The summed E-state index contributed by atoms with van der Waals surface area (Å²) in [7, 11) is 0. The number of alkyl halides is 1. The Morgan fingerprint density at radius 1 is 1.13 bits per heavy atom.